The number of aromatic nitrogens is 2. The molecule has 0 spiro atoms. The molecule has 4 rings (SSSR count). The van der Waals surface area contributed by atoms with Crippen molar-refractivity contribution in [2.24, 2.45) is 0 Å². The third-order valence-corrected chi connectivity index (χ3v) is 5.53. The maximum Gasteiger partial charge on any atom is 0.257 e. The highest BCUT2D eigenvalue weighted by atomic mass is 35.5. The quantitative estimate of drug-likeness (QED) is 0.552. The van der Waals surface area contributed by atoms with Gasteiger partial charge in [0.25, 0.3) is 5.91 Å². The highest BCUT2D eigenvalue weighted by Gasteiger charge is 2.24. The molecule has 0 aliphatic carbocycles. The Balaban J connectivity index is 0.00000256. The summed E-state index contributed by atoms with van der Waals surface area (Å²) in [7, 11) is 0. The van der Waals surface area contributed by atoms with Crippen molar-refractivity contribution in [1.82, 2.24) is 14.9 Å². The van der Waals surface area contributed by atoms with E-state index < -0.39 is 0 Å². The SMILES string of the molecule is CCCCc1ccc(Nc2c(C(=O)N3CCCC3)cnc3nc(C)ccc23)cc1.Cl. The number of aryl methyl sites for hydroxylation is 2. The summed E-state index contributed by atoms with van der Waals surface area (Å²) in [6.07, 6.45) is 7.29. The molecule has 5 nitrogen and oxygen atoms in total. The van der Waals surface area contributed by atoms with Gasteiger partial charge < -0.3 is 10.2 Å². The average molecular weight is 425 g/mol. The van der Waals surface area contributed by atoms with Crippen LogP contribution in [0.3, 0.4) is 0 Å². The molecule has 0 unspecified atom stereocenters. The van der Waals surface area contributed by atoms with Crippen molar-refractivity contribution < 1.29 is 4.79 Å². The van der Waals surface area contributed by atoms with Crippen LogP contribution in [-0.4, -0.2) is 33.9 Å². The number of anilines is 2. The van der Waals surface area contributed by atoms with Crippen LogP contribution >= 0.6 is 12.4 Å². The Hall–Kier alpha value is -2.66. The summed E-state index contributed by atoms with van der Waals surface area (Å²) < 4.78 is 0. The fourth-order valence-electron chi connectivity index (χ4n) is 3.84. The van der Waals surface area contributed by atoms with E-state index in [2.05, 4.69) is 46.5 Å². The molecule has 1 amide bonds. The van der Waals surface area contributed by atoms with Gasteiger partial charge in [-0.2, -0.15) is 0 Å². The number of hydrogen-bond donors (Lipinski definition) is 1. The number of fused-ring (bicyclic) bond motifs is 1. The first-order valence-electron chi connectivity index (χ1n) is 10.6. The van der Waals surface area contributed by atoms with E-state index >= 15 is 0 Å². The number of nitrogens with zero attached hydrogens (tertiary/aromatic N) is 3. The van der Waals surface area contributed by atoms with Crippen molar-refractivity contribution in [3.63, 3.8) is 0 Å². The molecule has 1 fully saturated rings. The maximum atomic E-state index is 13.2. The van der Waals surface area contributed by atoms with Gasteiger partial charge in [0, 0.05) is 36.1 Å². The number of amides is 1. The third kappa shape index (κ3) is 4.73. The second-order valence-corrected chi connectivity index (χ2v) is 7.80. The number of nitrogens with one attached hydrogen (secondary N) is 1. The van der Waals surface area contributed by atoms with Gasteiger partial charge in [0.15, 0.2) is 5.65 Å². The maximum absolute atomic E-state index is 13.2. The second-order valence-electron chi connectivity index (χ2n) is 7.80. The van der Waals surface area contributed by atoms with Crippen LogP contribution < -0.4 is 5.32 Å². The monoisotopic (exact) mass is 424 g/mol. The van der Waals surface area contributed by atoms with Crippen molar-refractivity contribution in [2.45, 2.75) is 46.0 Å². The molecule has 0 radical (unpaired) electrons. The van der Waals surface area contributed by atoms with Gasteiger partial charge in [-0.15, -0.1) is 12.4 Å². The molecule has 1 saturated heterocycles. The van der Waals surface area contributed by atoms with E-state index in [1.807, 2.05) is 24.0 Å². The number of halogens is 1. The van der Waals surface area contributed by atoms with Crippen LogP contribution in [-0.2, 0) is 6.42 Å². The minimum Gasteiger partial charge on any atom is -0.354 e. The van der Waals surface area contributed by atoms with E-state index in [4.69, 9.17) is 0 Å². The van der Waals surface area contributed by atoms with Gasteiger partial charge in [0.1, 0.15) is 0 Å². The number of carbonyl (C=O) groups is 1. The molecular formula is C24H29ClN4O. The molecule has 1 aromatic carbocycles. The van der Waals surface area contributed by atoms with E-state index in [0.29, 0.717) is 11.2 Å². The van der Waals surface area contributed by atoms with E-state index in [0.717, 1.165) is 54.8 Å². The van der Waals surface area contributed by atoms with Crippen LogP contribution in [0.15, 0.2) is 42.6 Å². The topological polar surface area (TPSA) is 58.1 Å². The molecule has 3 aromatic rings. The second kappa shape index (κ2) is 9.90. The molecule has 6 heteroatoms. The summed E-state index contributed by atoms with van der Waals surface area (Å²) in [5, 5.41) is 4.37. The lowest BCUT2D eigenvalue weighted by Gasteiger charge is -2.19. The minimum atomic E-state index is 0. The Labute approximate surface area is 184 Å². The highest BCUT2D eigenvalue weighted by molar-refractivity contribution is 6.07. The Morgan fingerprint density at radius 3 is 2.53 bits per heavy atom. The Bertz CT molecular complexity index is 1010. The van der Waals surface area contributed by atoms with Crippen molar-refractivity contribution in [3.8, 4) is 0 Å². The lowest BCUT2D eigenvalue weighted by Crippen LogP contribution is -2.28. The summed E-state index contributed by atoms with van der Waals surface area (Å²) in [6, 6.07) is 12.5. The largest absolute Gasteiger partial charge is 0.354 e. The van der Waals surface area contributed by atoms with Crippen molar-refractivity contribution in [2.75, 3.05) is 18.4 Å². The summed E-state index contributed by atoms with van der Waals surface area (Å²) in [5.41, 5.74) is 5.28. The fraction of sp³-hybridized carbons (Fsp3) is 0.375. The van der Waals surface area contributed by atoms with E-state index in [-0.39, 0.29) is 18.3 Å². The third-order valence-electron chi connectivity index (χ3n) is 5.53. The van der Waals surface area contributed by atoms with Crippen LogP contribution in [0, 0.1) is 6.92 Å². The molecule has 1 aliphatic heterocycles. The first-order valence-corrected chi connectivity index (χ1v) is 10.6. The Morgan fingerprint density at radius 1 is 1.10 bits per heavy atom. The van der Waals surface area contributed by atoms with Crippen molar-refractivity contribution >= 4 is 40.7 Å². The summed E-state index contributed by atoms with van der Waals surface area (Å²) in [5.74, 6) is 0.0412. The molecule has 30 heavy (non-hydrogen) atoms. The van der Waals surface area contributed by atoms with Gasteiger partial charge in [-0.3, -0.25) is 4.79 Å². The molecule has 2 aromatic heterocycles. The van der Waals surface area contributed by atoms with Gasteiger partial charge in [0.2, 0.25) is 0 Å². The van der Waals surface area contributed by atoms with E-state index in [9.17, 15) is 4.79 Å². The van der Waals surface area contributed by atoms with Crippen LogP contribution in [0.25, 0.3) is 11.0 Å². The molecule has 0 atom stereocenters. The molecule has 1 N–H and O–H groups in total. The molecule has 1 aliphatic rings. The normalized spacial score (nSPS) is 13.3. The average Bonchev–Trinajstić information content (AvgIpc) is 3.28. The fourth-order valence-corrected chi connectivity index (χ4v) is 3.84. The van der Waals surface area contributed by atoms with Gasteiger partial charge in [-0.25, -0.2) is 9.97 Å². The zero-order chi connectivity index (χ0) is 20.2. The first kappa shape index (κ1) is 22.0. The molecule has 158 valence electrons. The number of hydrogen-bond acceptors (Lipinski definition) is 4. The summed E-state index contributed by atoms with van der Waals surface area (Å²) in [4.78, 5) is 24.1. The molecular weight excluding hydrogens is 396 g/mol. The number of carbonyl (C=O) groups excluding carboxylic acids is 1. The van der Waals surface area contributed by atoms with Crippen LogP contribution in [0.2, 0.25) is 0 Å². The van der Waals surface area contributed by atoms with Crippen LogP contribution in [0.4, 0.5) is 11.4 Å². The van der Waals surface area contributed by atoms with Crippen molar-refractivity contribution in [1.29, 1.82) is 0 Å². The van der Waals surface area contributed by atoms with Gasteiger partial charge in [-0.1, -0.05) is 25.5 Å². The molecule has 0 bridgehead atoms. The standard InChI is InChI=1S/C24H28N4O.ClH/c1-3-4-7-18-9-11-19(12-10-18)27-22-20-13-8-17(2)26-23(20)25-16-21(22)24(29)28-14-5-6-15-28;/h8-13,16H,3-7,14-15H2,1-2H3,(H,25,26,27);1H. The number of benzene rings is 1. The highest BCUT2D eigenvalue weighted by Crippen LogP contribution is 2.30. The smallest absolute Gasteiger partial charge is 0.257 e. The van der Waals surface area contributed by atoms with Crippen LogP contribution in [0.5, 0.6) is 0 Å². The predicted molar refractivity (Wildman–Crippen MR) is 125 cm³/mol. The Morgan fingerprint density at radius 2 is 1.83 bits per heavy atom. The number of unbranched alkanes of at least 4 members (excludes halogenated alkanes) is 1. The predicted octanol–water partition coefficient (Wildman–Crippen LogP) is 5.68. The summed E-state index contributed by atoms with van der Waals surface area (Å²) >= 11 is 0. The zero-order valence-corrected chi connectivity index (χ0v) is 18.5. The van der Waals surface area contributed by atoms with E-state index in [1.54, 1.807) is 6.20 Å². The van der Waals surface area contributed by atoms with Gasteiger partial charge >= 0.3 is 0 Å². The lowest BCUT2D eigenvalue weighted by molar-refractivity contribution is 0.0793. The lowest BCUT2D eigenvalue weighted by atomic mass is 10.1. The van der Waals surface area contributed by atoms with Gasteiger partial charge in [0.05, 0.1) is 11.3 Å². The minimum absolute atomic E-state index is 0. The number of likely N-dealkylation sites (tertiary alicyclic amines) is 1. The number of rotatable bonds is 6. The van der Waals surface area contributed by atoms with E-state index in [1.165, 1.54) is 18.4 Å². The zero-order valence-electron chi connectivity index (χ0n) is 17.6. The van der Waals surface area contributed by atoms with Gasteiger partial charge in [-0.05, 0) is 62.4 Å². The molecule has 3 heterocycles. The summed E-state index contributed by atoms with van der Waals surface area (Å²) in [6.45, 7) is 5.79. The number of pyridine rings is 2. The Kier molecular flexibility index (Phi) is 7.27. The van der Waals surface area contributed by atoms with Crippen molar-refractivity contribution in [3.05, 3.63) is 59.4 Å². The van der Waals surface area contributed by atoms with Crippen LogP contribution in [0.1, 0.15) is 54.2 Å². The molecule has 0 saturated carbocycles. The first-order chi connectivity index (χ1) is 14.2.